The zero-order chi connectivity index (χ0) is 10.8. The molecule has 12 heavy (non-hydrogen) atoms. The molecule has 0 heterocycles. The molecule has 0 unspecified atom stereocenters. The van der Waals surface area contributed by atoms with E-state index in [4.69, 9.17) is 22.3 Å². The number of carboxylic acids is 1. The van der Waals surface area contributed by atoms with E-state index < -0.39 is 18.2 Å². The molecule has 5 heteroatoms. The predicted molar refractivity (Wildman–Crippen MR) is 50.1 cm³/mol. The van der Waals surface area contributed by atoms with Gasteiger partial charge in [0.1, 0.15) is 5.79 Å². The number of rotatable bonds is 2. The Bertz CT molecular complexity index is 118. The molecule has 0 bridgehead atoms. The highest BCUT2D eigenvalue weighted by molar-refractivity contribution is 5.67. The molecule has 0 aliphatic rings. The van der Waals surface area contributed by atoms with E-state index in [1.807, 2.05) is 0 Å². The van der Waals surface area contributed by atoms with Gasteiger partial charge in [-0.1, -0.05) is 0 Å². The standard InChI is InChI=1S/C3H9N3O2.2C2H4/c4-3(5,6)1-2(7)8;2*1-2/h1,4-6H2,(H,7,8);2*1-2H2. The second-order valence-corrected chi connectivity index (χ2v) is 1.68. The molecule has 0 aliphatic carbocycles. The average Bonchev–Trinajstić information content (AvgIpc) is 1.91. The molecule has 0 aliphatic heterocycles. The van der Waals surface area contributed by atoms with Crippen molar-refractivity contribution in [2.75, 3.05) is 0 Å². The SMILES string of the molecule is C=C.C=C.NC(N)(N)CC(=O)O. The fraction of sp³-hybridized carbons (Fsp3) is 0.286. The van der Waals surface area contributed by atoms with Gasteiger partial charge in [0.25, 0.3) is 0 Å². The van der Waals surface area contributed by atoms with Gasteiger partial charge in [0.05, 0.1) is 6.42 Å². The third kappa shape index (κ3) is 36.9. The Morgan fingerprint density at radius 1 is 1.17 bits per heavy atom. The second kappa shape index (κ2) is 9.83. The van der Waals surface area contributed by atoms with Gasteiger partial charge in [0, 0.05) is 0 Å². The molecule has 0 aromatic carbocycles. The number of carbonyl (C=O) groups is 1. The van der Waals surface area contributed by atoms with Crippen LogP contribution in [0.15, 0.2) is 26.3 Å². The van der Waals surface area contributed by atoms with Gasteiger partial charge in [0.15, 0.2) is 0 Å². The van der Waals surface area contributed by atoms with Crippen molar-refractivity contribution in [2.45, 2.75) is 12.2 Å². The van der Waals surface area contributed by atoms with Crippen LogP contribution in [-0.4, -0.2) is 16.9 Å². The monoisotopic (exact) mass is 175 g/mol. The lowest BCUT2D eigenvalue weighted by Gasteiger charge is -2.13. The Morgan fingerprint density at radius 2 is 1.42 bits per heavy atom. The molecule has 0 fully saturated rings. The minimum Gasteiger partial charge on any atom is -0.481 e. The van der Waals surface area contributed by atoms with Crippen LogP contribution in [0.4, 0.5) is 0 Å². The summed E-state index contributed by atoms with van der Waals surface area (Å²) >= 11 is 0. The summed E-state index contributed by atoms with van der Waals surface area (Å²) in [7, 11) is 0. The first-order valence-electron chi connectivity index (χ1n) is 3.00. The summed E-state index contributed by atoms with van der Waals surface area (Å²) in [6, 6.07) is 0. The number of hydrogen-bond donors (Lipinski definition) is 4. The largest absolute Gasteiger partial charge is 0.481 e. The predicted octanol–water partition coefficient (Wildman–Crippen LogP) is -0.405. The molecule has 7 N–H and O–H groups in total. The molecule has 0 saturated heterocycles. The van der Waals surface area contributed by atoms with Crippen LogP contribution in [0.2, 0.25) is 0 Å². The lowest BCUT2D eigenvalue weighted by atomic mass is 10.3. The van der Waals surface area contributed by atoms with E-state index in [0.717, 1.165) is 0 Å². The summed E-state index contributed by atoms with van der Waals surface area (Å²) in [6.45, 7) is 12.0. The summed E-state index contributed by atoms with van der Waals surface area (Å²) in [5.41, 5.74) is 14.7. The van der Waals surface area contributed by atoms with Crippen molar-refractivity contribution in [3.8, 4) is 0 Å². The highest BCUT2D eigenvalue weighted by Crippen LogP contribution is 1.85. The van der Waals surface area contributed by atoms with Crippen LogP contribution in [-0.2, 0) is 4.79 Å². The van der Waals surface area contributed by atoms with Crippen molar-refractivity contribution in [3.05, 3.63) is 26.3 Å². The highest BCUT2D eigenvalue weighted by atomic mass is 16.4. The van der Waals surface area contributed by atoms with Gasteiger partial charge in [-0.05, 0) is 0 Å². The Balaban J connectivity index is -0.000000175. The molecule has 0 rings (SSSR count). The number of nitrogens with two attached hydrogens (primary N) is 3. The molecule has 5 nitrogen and oxygen atoms in total. The maximum absolute atomic E-state index is 9.77. The molecule has 0 spiro atoms. The second-order valence-electron chi connectivity index (χ2n) is 1.68. The first kappa shape index (κ1) is 17.1. The first-order valence-corrected chi connectivity index (χ1v) is 3.00. The maximum atomic E-state index is 9.77. The fourth-order valence-electron chi connectivity index (χ4n) is 0.262. The van der Waals surface area contributed by atoms with Gasteiger partial charge in [0.2, 0.25) is 0 Å². The summed E-state index contributed by atoms with van der Waals surface area (Å²) in [6.07, 6.45) is -0.424. The Kier molecular flexibility index (Phi) is 14.0. The van der Waals surface area contributed by atoms with Gasteiger partial charge < -0.3 is 22.3 Å². The van der Waals surface area contributed by atoms with Crippen LogP contribution in [0.5, 0.6) is 0 Å². The van der Waals surface area contributed by atoms with Crippen LogP contribution in [0.25, 0.3) is 0 Å². The van der Waals surface area contributed by atoms with Crippen molar-refractivity contribution in [3.63, 3.8) is 0 Å². The van der Waals surface area contributed by atoms with Crippen LogP contribution in [0.1, 0.15) is 6.42 Å². The van der Waals surface area contributed by atoms with Gasteiger partial charge in [-0.25, -0.2) is 0 Å². The molecule has 72 valence electrons. The van der Waals surface area contributed by atoms with E-state index in [-0.39, 0.29) is 0 Å². The maximum Gasteiger partial charge on any atom is 0.308 e. The van der Waals surface area contributed by atoms with Crippen molar-refractivity contribution in [2.24, 2.45) is 17.2 Å². The van der Waals surface area contributed by atoms with E-state index in [2.05, 4.69) is 26.3 Å². The van der Waals surface area contributed by atoms with E-state index in [1.165, 1.54) is 0 Å². The normalized spacial score (nSPS) is 8.25. The van der Waals surface area contributed by atoms with Gasteiger partial charge in [-0.15, -0.1) is 26.3 Å². The zero-order valence-electron chi connectivity index (χ0n) is 7.12. The quantitative estimate of drug-likeness (QED) is 0.336. The van der Waals surface area contributed by atoms with Crippen molar-refractivity contribution in [1.29, 1.82) is 0 Å². The molecular weight excluding hydrogens is 158 g/mol. The fourth-order valence-corrected chi connectivity index (χ4v) is 0.262. The third-order valence-corrected chi connectivity index (χ3v) is 0.457. The van der Waals surface area contributed by atoms with Crippen LogP contribution >= 0.6 is 0 Å². The lowest BCUT2D eigenvalue weighted by molar-refractivity contribution is -0.138. The van der Waals surface area contributed by atoms with Crippen molar-refractivity contribution < 1.29 is 9.90 Å². The molecule has 0 atom stereocenters. The van der Waals surface area contributed by atoms with Gasteiger partial charge in [-0.2, -0.15) is 0 Å². The summed E-state index contributed by atoms with van der Waals surface area (Å²) in [5.74, 6) is -2.68. The van der Waals surface area contributed by atoms with E-state index in [9.17, 15) is 4.79 Å². The van der Waals surface area contributed by atoms with Crippen LogP contribution in [0.3, 0.4) is 0 Å². The smallest absolute Gasteiger partial charge is 0.308 e. The van der Waals surface area contributed by atoms with Crippen LogP contribution in [0, 0.1) is 0 Å². The Hall–Kier alpha value is -1.17. The first-order chi connectivity index (χ1) is 5.42. The van der Waals surface area contributed by atoms with Gasteiger partial charge >= 0.3 is 5.97 Å². The molecule has 0 radical (unpaired) electrons. The summed E-state index contributed by atoms with van der Waals surface area (Å²) in [5, 5.41) is 8.01. The van der Waals surface area contributed by atoms with Gasteiger partial charge in [-0.3, -0.25) is 4.79 Å². The number of aliphatic carboxylic acids is 1. The number of carboxylic acid groups (broad SMARTS) is 1. The molecular formula is C7H17N3O2. The molecule has 0 aromatic rings. The minimum absolute atomic E-state index is 0.424. The summed E-state index contributed by atoms with van der Waals surface area (Å²) < 4.78 is 0. The average molecular weight is 175 g/mol. The van der Waals surface area contributed by atoms with E-state index >= 15 is 0 Å². The summed E-state index contributed by atoms with van der Waals surface area (Å²) in [4.78, 5) is 9.77. The lowest BCUT2D eigenvalue weighted by Crippen LogP contribution is -2.59. The molecule has 0 amide bonds. The van der Waals surface area contributed by atoms with E-state index in [1.54, 1.807) is 0 Å². The Labute approximate surface area is 72.5 Å². The van der Waals surface area contributed by atoms with Crippen molar-refractivity contribution >= 4 is 5.97 Å². The van der Waals surface area contributed by atoms with E-state index in [0.29, 0.717) is 0 Å². The Morgan fingerprint density at radius 3 is 1.42 bits per heavy atom. The highest BCUT2D eigenvalue weighted by Gasteiger charge is 2.15. The minimum atomic E-state index is -1.58. The zero-order valence-corrected chi connectivity index (χ0v) is 7.12. The third-order valence-electron chi connectivity index (χ3n) is 0.457. The topological polar surface area (TPSA) is 115 Å². The van der Waals surface area contributed by atoms with Crippen molar-refractivity contribution in [1.82, 2.24) is 0 Å². The van der Waals surface area contributed by atoms with Crippen LogP contribution < -0.4 is 17.2 Å². The number of hydrogen-bond acceptors (Lipinski definition) is 4. The molecule has 0 aromatic heterocycles. The molecule has 0 saturated carbocycles.